The fourth-order valence-corrected chi connectivity index (χ4v) is 3.70. The molecule has 0 aromatic heterocycles. The molecule has 0 bridgehead atoms. The Morgan fingerprint density at radius 3 is 2.19 bits per heavy atom. The van der Waals surface area contributed by atoms with Crippen molar-refractivity contribution in [2.24, 2.45) is 17.8 Å². The molecule has 1 aromatic carbocycles. The van der Waals surface area contributed by atoms with Gasteiger partial charge in [0.05, 0.1) is 11.8 Å². The Hall–Kier alpha value is -2.63. The van der Waals surface area contributed by atoms with Crippen molar-refractivity contribution in [1.29, 1.82) is 0 Å². The molecule has 1 aromatic rings. The van der Waals surface area contributed by atoms with Gasteiger partial charge in [-0.25, -0.2) is 0 Å². The fourth-order valence-electron chi connectivity index (χ4n) is 3.70. The van der Waals surface area contributed by atoms with Gasteiger partial charge in [0.15, 0.2) is 0 Å². The second-order valence-corrected chi connectivity index (χ2v) is 7.54. The first-order valence-electron chi connectivity index (χ1n) is 9.53. The Balaban J connectivity index is 1.62. The van der Waals surface area contributed by atoms with Gasteiger partial charge >= 0.3 is 5.97 Å². The van der Waals surface area contributed by atoms with Gasteiger partial charge in [-0.2, -0.15) is 0 Å². The van der Waals surface area contributed by atoms with E-state index in [9.17, 15) is 19.5 Å². The molecule has 1 aliphatic carbocycles. The third-order valence-electron chi connectivity index (χ3n) is 5.56. The SMILES string of the molecule is CC1CCN(C(=O)c2ccc(NC(=O)[C@@H]3CC=CC[C@H]3C(=O)O)cc2)CC1. The smallest absolute Gasteiger partial charge is 0.307 e. The molecule has 0 spiro atoms. The summed E-state index contributed by atoms with van der Waals surface area (Å²) < 4.78 is 0. The summed E-state index contributed by atoms with van der Waals surface area (Å²) in [5.41, 5.74) is 1.18. The number of hydrogen-bond donors (Lipinski definition) is 2. The van der Waals surface area contributed by atoms with Gasteiger partial charge in [0.1, 0.15) is 0 Å². The van der Waals surface area contributed by atoms with Crippen molar-refractivity contribution in [3.8, 4) is 0 Å². The monoisotopic (exact) mass is 370 g/mol. The summed E-state index contributed by atoms with van der Waals surface area (Å²) >= 11 is 0. The Morgan fingerprint density at radius 2 is 1.59 bits per heavy atom. The number of nitrogens with zero attached hydrogens (tertiary/aromatic N) is 1. The lowest BCUT2D eigenvalue weighted by Gasteiger charge is -2.30. The van der Waals surface area contributed by atoms with E-state index in [-0.39, 0.29) is 11.8 Å². The third kappa shape index (κ3) is 4.56. The summed E-state index contributed by atoms with van der Waals surface area (Å²) in [4.78, 5) is 38.3. The van der Waals surface area contributed by atoms with Crippen molar-refractivity contribution in [3.63, 3.8) is 0 Å². The molecule has 1 heterocycles. The van der Waals surface area contributed by atoms with Gasteiger partial charge in [0.25, 0.3) is 5.91 Å². The summed E-state index contributed by atoms with van der Waals surface area (Å²) in [6, 6.07) is 6.83. The number of likely N-dealkylation sites (tertiary alicyclic amines) is 1. The number of carbonyl (C=O) groups is 3. The average molecular weight is 370 g/mol. The highest BCUT2D eigenvalue weighted by molar-refractivity contribution is 5.97. The van der Waals surface area contributed by atoms with Gasteiger partial charge in [0, 0.05) is 24.3 Å². The number of carbonyl (C=O) groups excluding carboxylic acids is 2. The topological polar surface area (TPSA) is 86.7 Å². The Morgan fingerprint density at radius 1 is 1.00 bits per heavy atom. The minimum atomic E-state index is -0.948. The van der Waals surface area contributed by atoms with E-state index in [2.05, 4.69) is 12.2 Å². The maximum atomic E-state index is 12.6. The van der Waals surface area contributed by atoms with Gasteiger partial charge < -0.3 is 15.3 Å². The molecular formula is C21H26N2O4. The molecule has 6 nitrogen and oxygen atoms in total. The Kier molecular flexibility index (Phi) is 5.94. The maximum absolute atomic E-state index is 12.6. The number of carboxylic acid groups (broad SMARTS) is 1. The van der Waals surface area contributed by atoms with Crippen LogP contribution < -0.4 is 5.32 Å². The van der Waals surface area contributed by atoms with E-state index in [1.54, 1.807) is 24.3 Å². The van der Waals surface area contributed by atoms with E-state index in [0.29, 0.717) is 30.0 Å². The van der Waals surface area contributed by atoms with Crippen LogP contribution in [0.2, 0.25) is 0 Å². The molecule has 1 saturated heterocycles. The van der Waals surface area contributed by atoms with Crippen LogP contribution in [0.15, 0.2) is 36.4 Å². The van der Waals surface area contributed by atoms with Crippen LogP contribution in [-0.2, 0) is 9.59 Å². The van der Waals surface area contributed by atoms with Gasteiger partial charge in [0.2, 0.25) is 5.91 Å². The lowest BCUT2D eigenvalue weighted by atomic mass is 9.82. The highest BCUT2D eigenvalue weighted by Gasteiger charge is 2.34. The van der Waals surface area contributed by atoms with Crippen LogP contribution in [-0.4, -0.2) is 40.9 Å². The Labute approximate surface area is 159 Å². The molecule has 0 unspecified atom stereocenters. The molecule has 144 valence electrons. The van der Waals surface area contributed by atoms with Gasteiger partial charge in [-0.3, -0.25) is 14.4 Å². The van der Waals surface area contributed by atoms with E-state index in [4.69, 9.17) is 0 Å². The standard InChI is InChI=1S/C21H26N2O4/c1-14-10-12-23(13-11-14)20(25)15-6-8-16(9-7-15)22-19(24)17-4-2-3-5-18(17)21(26)27/h2-3,6-9,14,17-18H,4-5,10-13H2,1H3,(H,22,24)(H,26,27)/t17-,18-/m1/s1. The molecule has 2 atom stereocenters. The molecule has 1 fully saturated rings. The molecule has 0 saturated carbocycles. The number of carboxylic acids is 1. The van der Waals surface area contributed by atoms with Gasteiger partial charge in [-0.15, -0.1) is 0 Å². The van der Waals surface area contributed by atoms with Crippen molar-refractivity contribution in [1.82, 2.24) is 4.90 Å². The van der Waals surface area contributed by atoms with Crippen LogP contribution in [0.3, 0.4) is 0 Å². The van der Waals surface area contributed by atoms with Crippen LogP contribution >= 0.6 is 0 Å². The van der Waals surface area contributed by atoms with E-state index in [1.165, 1.54) is 0 Å². The molecule has 2 amide bonds. The maximum Gasteiger partial charge on any atom is 0.307 e. The molecule has 6 heteroatoms. The summed E-state index contributed by atoms with van der Waals surface area (Å²) in [6.45, 7) is 3.77. The number of hydrogen-bond acceptors (Lipinski definition) is 3. The van der Waals surface area contributed by atoms with Crippen LogP contribution in [0.1, 0.15) is 43.0 Å². The number of rotatable bonds is 4. The van der Waals surface area contributed by atoms with Crippen molar-refractivity contribution in [2.75, 3.05) is 18.4 Å². The van der Waals surface area contributed by atoms with Crippen molar-refractivity contribution in [2.45, 2.75) is 32.6 Å². The van der Waals surface area contributed by atoms with E-state index >= 15 is 0 Å². The first-order chi connectivity index (χ1) is 13.0. The molecular weight excluding hydrogens is 344 g/mol. The van der Waals surface area contributed by atoms with E-state index < -0.39 is 17.8 Å². The van der Waals surface area contributed by atoms with Gasteiger partial charge in [-0.1, -0.05) is 19.1 Å². The minimum Gasteiger partial charge on any atom is -0.481 e. The second-order valence-electron chi connectivity index (χ2n) is 7.54. The molecule has 1 aliphatic heterocycles. The summed E-state index contributed by atoms with van der Waals surface area (Å²) in [5.74, 6) is -1.84. The highest BCUT2D eigenvalue weighted by Crippen LogP contribution is 2.27. The predicted molar refractivity (Wildman–Crippen MR) is 102 cm³/mol. The number of allylic oxidation sites excluding steroid dienone is 2. The number of amides is 2. The molecule has 2 aliphatic rings. The summed E-state index contributed by atoms with van der Waals surface area (Å²) in [6.07, 6.45) is 6.51. The minimum absolute atomic E-state index is 0.0168. The fraction of sp³-hybridized carbons (Fsp3) is 0.476. The zero-order valence-corrected chi connectivity index (χ0v) is 15.6. The Bertz CT molecular complexity index is 733. The van der Waals surface area contributed by atoms with Crippen LogP contribution in [0.25, 0.3) is 0 Å². The van der Waals surface area contributed by atoms with Crippen molar-refractivity contribution >= 4 is 23.5 Å². The van der Waals surface area contributed by atoms with E-state index in [0.717, 1.165) is 25.9 Å². The molecule has 3 rings (SSSR count). The zero-order valence-electron chi connectivity index (χ0n) is 15.6. The zero-order chi connectivity index (χ0) is 19.4. The lowest BCUT2D eigenvalue weighted by Crippen LogP contribution is -2.37. The molecule has 0 radical (unpaired) electrons. The quantitative estimate of drug-likeness (QED) is 0.797. The largest absolute Gasteiger partial charge is 0.481 e. The predicted octanol–water partition coefficient (Wildman–Crippen LogP) is 3.16. The number of nitrogens with one attached hydrogen (secondary N) is 1. The third-order valence-corrected chi connectivity index (χ3v) is 5.56. The van der Waals surface area contributed by atoms with Crippen molar-refractivity contribution < 1.29 is 19.5 Å². The van der Waals surface area contributed by atoms with Crippen LogP contribution in [0.5, 0.6) is 0 Å². The summed E-state index contributed by atoms with van der Waals surface area (Å²) in [5, 5.41) is 12.1. The van der Waals surface area contributed by atoms with Gasteiger partial charge in [-0.05, 0) is 55.9 Å². The average Bonchev–Trinajstić information content (AvgIpc) is 2.68. The van der Waals surface area contributed by atoms with Crippen LogP contribution in [0, 0.1) is 17.8 Å². The van der Waals surface area contributed by atoms with Crippen LogP contribution in [0.4, 0.5) is 5.69 Å². The number of piperidine rings is 1. The number of anilines is 1. The first-order valence-corrected chi connectivity index (χ1v) is 9.53. The molecule has 2 N–H and O–H groups in total. The lowest BCUT2D eigenvalue weighted by molar-refractivity contribution is -0.146. The normalized spacial score (nSPS) is 23.1. The molecule has 27 heavy (non-hydrogen) atoms. The number of benzene rings is 1. The first kappa shape index (κ1) is 19.1. The van der Waals surface area contributed by atoms with E-state index in [1.807, 2.05) is 17.1 Å². The number of aliphatic carboxylic acids is 1. The summed E-state index contributed by atoms with van der Waals surface area (Å²) in [7, 11) is 0. The second kappa shape index (κ2) is 8.37. The van der Waals surface area contributed by atoms with Crippen molar-refractivity contribution in [3.05, 3.63) is 42.0 Å². The highest BCUT2D eigenvalue weighted by atomic mass is 16.4.